The number of thioether (sulfide) groups is 1. The minimum atomic E-state index is -0.503. The number of rotatable bonds is 3. The van der Waals surface area contributed by atoms with Crippen LogP contribution in [0.2, 0.25) is 0 Å². The number of nitrogens with two attached hydrogens (primary N) is 1. The maximum Gasteiger partial charge on any atom is 0.0653 e. The first-order chi connectivity index (χ1) is 8.57. The Bertz CT molecular complexity index is 410. The van der Waals surface area contributed by atoms with E-state index in [1.165, 1.54) is 16.1 Å². The summed E-state index contributed by atoms with van der Waals surface area (Å²) < 4.78 is 0. The molecular weight excluding hydrogens is 244 g/mol. The number of hydrogen-bond acceptors (Lipinski definition) is 4. The van der Waals surface area contributed by atoms with Crippen molar-refractivity contribution in [2.45, 2.75) is 36.8 Å². The summed E-state index contributed by atoms with van der Waals surface area (Å²) in [5.41, 5.74) is 7.86. The second-order valence-electron chi connectivity index (χ2n) is 5.15. The Kier molecular flexibility index (Phi) is 4.20. The molecule has 3 N–H and O–H groups in total. The van der Waals surface area contributed by atoms with Crippen molar-refractivity contribution >= 4 is 17.4 Å². The van der Waals surface area contributed by atoms with Crippen LogP contribution < -0.4 is 10.6 Å². The minimum absolute atomic E-state index is 0.503. The molecule has 1 aromatic rings. The van der Waals surface area contributed by atoms with Crippen LogP contribution >= 0.6 is 11.8 Å². The molecule has 0 aliphatic carbocycles. The predicted molar refractivity (Wildman–Crippen MR) is 78.2 cm³/mol. The van der Waals surface area contributed by atoms with Gasteiger partial charge < -0.3 is 15.7 Å². The van der Waals surface area contributed by atoms with Gasteiger partial charge in [0, 0.05) is 35.8 Å². The third kappa shape index (κ3) is 2.82. The lowest BCUT2D eigenvalue weighted by Crippen LogP contribution is -2.42. The Hall–Kier alpha value is -0.710. The zero-order valence-corrected chi connectivity index (χ0v) is 12.0. The van der Waals surface area contributed by atoms with Gasteiger partial charge in [-0.15, -0.1) is 11.8 Å². The average molecular weight is 266 g/mol. The van der Waals surface area contributed by atoms with Gasteiger partial charge in [0.2, 0.25) is 0 Å². The maximum absolute atomic E-state index is 10.0. The van der Waals surface area contributed by atoms with E-state index in [1.807, 2.05) is 6.92 Å². The quantitative estimate of drug-likeness (QED) is 0.824. The zero-order chi connectivity index (χ0) is 13.2. The second-order valence-corrected chi connectivity index (χ2v) is 5.99. The van der Waals surface area contributed by atoms with Crippen LogP contribution in [0.25, 0.3) is 0 Å². The first kappa shape index (κ1) is 13.7. The van der Waals surface area contributed by atoms with Crippen molar-refractivity contribution in [2.24, 2.45) is 5.73 Å². The van der Waals surface area contributed by atoms with Crippen LogP contribution in [0.1, 0.15) is 25.3 Å². The molecule has 0 atom stereocenters. The molecule has 0 aromatic heterocycles. The third-order valence-corrected chi connectivity index (χ3v) is 4.54. The van der Waals surface area contributed by atoms with Crippen LogP contribution in [0, 0.1) is 0 Å². The molecule has 1 fully saturated rings. The predicted octanol–water partition coefficient (Wildman–Crippen LogP) is 2.22. The van der Waals surface area contributed by atoms with Gasteiger partial charge in [-0.2, -0.15) is 0 Å². The second kappa shape index (κ2) is 5.51. The normalized spacial score (nSPS) is 19.0. The van der Waals surface area contributed by atoms with Crippen molar-refractivity contribution in [3.8, 4) is 0 Å². The lowest BCUT2D eigenvalue weighted by molar-refractivity contribution is 0.0351. The Balaban J connectivity index is 2.23. The first-order valence-electron chi connectivity index (χ1n) is 6.40. The summed E-state index contributed by atoms with van der Waals surface area (Å²) in [6.07, 6.45) is 3.72. The van der Waals surface area contributed by atoms with Crippen molar-refractivity contribution < 1.29 is 5.11 Å². The van der Waals surface area contributed by atoms with E-state index < -0.39 is 5.60 Å². The highest BCUT2D eigenvalue weighted by molar-refractivity contribution is 7.98. The molecule has 1 aliphatic rings. The van der Waals surface area contributed by atoms with E-state index in [1.54, 1.807) is 11.8 Å². The van der Waals surface area contributed by atoms with Gasteiger partial charge in [-0.1, -0.05) is 6.07 Å². The Morgan fingerprint density at radius 1 is 1.39 bits per heavy atom. The molecule has 3 nitrogen and oxygen atoms in total. The molecule has 2 rings (SSSR count). The molecule has 0 spiro atoms. The highest BCUT2D eigenvalue weighted by Gasteiger charge is 2.28. The van der Waals surface area contributed by atoms with Gasteiger partial charge in [-0.05, 0) is 38.2 Å². The molecule has 0 saturated carbocycles. The summed E-state index contributed by atoms with van der Waals surface area (Å²) in [7, 11) is 0. The van der Waals surface area contributed by atoms with E-state index in [-0.39, 0.29) is 0 Å². The van der Waals surface area contributed by atoms with Crippen LogP contribution in [0.3, 0.4) is 0 Å². The average Bonchev–Trinajstić information content (AvgIpc) is 2.37. The molecule has 1 saturated heterocycles. The van der Waals surface area contributed by atoms with E-state index in [0.29, 0.717) is 6.54 Å². The lowest BCUT2D eigenvalue weighted by Gasteiger charge is -2.38. The van der Waals surface area contributed by atoms with Gasteiger partial charge in [0.15, 0.2) is 0 Å². The van der Waals surface area contributed by atoms with Crippen molar-refractivity contribution in [1.29, 1.82) is 0 Å². The fraction of sp³-hybridized carbons (Fsp3) is 0.571. The van der Waals surface area contributed by atoms with Crippen LogP contribution in [-0.2, 0) is 6.54 Å². The number of piperidine rings is 1. The number of nitrogens with zero attached hydrogens (tertiary/aromatic N) is 1. The SMILES string of the molecule is CSc1cccc(N2CCC(C)(O)CC2)c1CN. The van der Waals surface area contributed by atoms with Crippen molar-refractivity contribution in [1.82, 2.24) is 0 Å². The Labute approximate surface area is 113 Å². The van der Waals surface area contributed by atoms with Crippen molar-refractivity contribution in [2.75, 3.05) is 24.2 Å². The van der Waals surface area contributed by atoms with E-state index in [9.17, 15) is 5.11 Å². The van der Waals surface area contributed by atoms with E-state index in [2.05, 4.69) is 29.4 Å². The molecule has 18 heavy (non-hydrogen) atoms. The molecule has 4 heteroatoms. The smallest absolute Gasteiger partial charge is 0.0653 e. The zero-order valence-electron chi connectivity index (χ0n) is 11.1. The van der Waals surface area contributed by atoms with Crippen molar-refractivity contribution in [3.63, 3.8) is 0 Å². The number of aliphatic hydroxyl groups is 1. The standard InChI is InChI=1S/C14H22N2OS/c1-14(17)6-8-16(9-7-14)12-4-3-5-13(18-2)11(12)10-15/h3-5,17H,6-10,15H2,1-2H3. The van der Waals surface area contributed by atoms with Crippen LogP contribution in [0.4, 0.5) is 5.69 Å². The summed E-state index contributed by atoms with van der Waals surface area (Å²) >= 11 is 1.74. The van der Waals surface area contributed by atoms with E-state index in [0.717, 1.165) is 25.9 Å². The molecule has 100 valence electrons. The monoisotopic (exact) mass is 266 g/mol. The van der Waals surface area contributed by atoms with Gasteiger partial charge in [0.1, 0.15) is 0 Å². The molecule has 1 aromatic carbocycles. The third-order valence-electron chi connectivity index (χ3n) is 3.71. The molecule has 1 heterocycles. The molecular formula is C14H22N2OS. The highest BCUT2D eigenvalue weighted by atomic mass is 32.2. The van der Waals surface area contributed by atoms with Gasteiger partial charge >= 0.3 is 0 Å². The summed E-state index contributed by atoms with van der Waals surface area (Å²) in [5, 5.41) is 10.0. The van der Waals surface area contributed by atoms with Crippen LogP contribution in [-0.4, -0.2) is 30.1 Å². The molecule has 0 amide bonds. The van der Waals surface area contributed by atoms with E-state index >= 15 is 0 Å². The Morgan fingerprint density at radius 2 is 2.06 bits per heavy atom. The van der Waals surface area contributed by atoms with Crippen molar-refractivity contribution in [3.05, 3.63) is 23.8 Å². The minimum Gasteiger partial charge on any atom is -0.390 e. The lowest BCUT2D eigenvalue weighted by atomic mass is 9.93. The van der Waals surface area contributed by atoms with Gasteiger partial charge in [-0.25, -0.2) is 0 Å². The fourth-order valence-electron chi connectivity index (χ4n) is 2.48. The number of anilines is 1. The van der Waals surface area contributed by atoms with Gasteiger partial charge in [0.25, 0.3) is 0 Å². The molecule has 0 unspecified atom stereocenters. The number of benzene rings is 1. The summed E-state index contributed by atoms with van der Waals surface area (Å²) in [4.78, 5) is 3.60. The van der Waals surface area contributed by atoms with Gasteiger partial charge in [0.05, 0.1) is 5.60 Å². The largest absolute Gasteiger partial charge is 0.390 e. The molecule has 0 bridgehead atoms. The summed E-state index contributed by atoms with van der Waals surface area (Å²) in [6.45, 7) is 4.29. The number of hydrogen-bond donors (Lipinski definition) is 2. The van der Waals surface area contributed by atoms with Crippen LogP contribution in [0.15, 0.2) is 23.1 Å². The fourth-order valence-corrected chi connectivity index (χ4v) is 3.13. The first-order valence-corrected chi connectivity index (χ1v) is 7.63. The van der Waals surface area contributed by atoms with Gasteiger partial charge in [-0.3, -0.25) is 0 Å². The maximum atomic E-state index is 10.0. The summed E-state index contributed by atoms with van der Waals surface area (Å²) in [5.74, 6) is 0. The Morgan fingerprint density at radius 3 is 2.61 bits per heavy atom. The van der Waals surface area contributed by atoms with E-state index in [4.69, 9.17) is 5.73 Å². The summed E-state index contributed by atoms with van der Waals surface area (Å²) in [6, 6.07) is 6.35. The molecule has 0 radical (unpaired) electrons. The highest BCUT2D eigenvalue weighted by Crippen LogP contribution is 2.32. The van der Waals surface area contributed by atoms with Crippen LogP contribution in [0.5, 0.6) is 0 Å². The molecule has 1 aliphatic heterocycles. The topological polar surface area (TPSA) is 49.5 Å².